The molecule has 1 amide bonds. The second kappa shape index (κ2) is 6.12. The zero-order valence-corrected chi connectivity index (χ0v) is 10.7. The fraction of sp³-hybridized carbons (Fsp3) is 0.500. The number of nitrogens with zero attached hydrogens (tertiary/aromatic N) is 2. The van der Waals surface area contributed by atoms with Crippen molar-refractivity contribution in [3.8, 4) is 0 Å². The van der Waals surface area contributed by atoms with Crippen molar-refractivity contribution in [1.29, 1.82) is 0 Å². The van der Waals surface area contributed by atoms with E-state index in [0.717, 1.165) is 12.8 Å². The van der Waals surface area contributed by atoms with E-state index in [1.54, 1.807) is 0 Å². The Hall–Kier alpha value is -2.18. The lowest BCUT2D eigenvalue weighted by Crippen LogP contribution is -2.30. The molecule has 1 aliphatic carbocycles. The van der Waals surface area contributed by atoms with Crippen LogP contribution in [-0.2, 0) is 9.53 Å². The number of rotatable bonds is 6. The SMILES string of the molecule is COC(=O)c1cncc(NCCNC(=O)C2CC2)n1. The standard InChI is InChI=1S/C12H16N4O3/c1-19-12(18)9-6-13-7-10(16-9)14-4-5-15-11(17)8-2-3-8/h6-8H,2-5H2,1H3,(H,14,16)(H,15,17). The van der Waals surface area contributed by atoms with E-state index in [1.165, 1.54) is 19.5 Å². The van der Waals surface area contributed by atoms with Crippen LogP contribution in [0.25, 0.3) is 0 Å². The number of carbonyl (C=O) groups is 2. The van der Waals surface area contributed by atoms with E-state index in [1.807, 2.05) is 0 Å². The highest BCUT2D eigenvalue weighted by atomic mass is 16.5. The predicted molar refractivity (Wildman–Crippen MR) is 67.6 cm³/mol. The molecule has 1 aromatic heterocycles. The molecule has 19 heavy (non-hydrogen) atoms. The first-order valence-corrected chi connectivity index (χ1v) is 6.12. The van der Waals surface area contributed by atoms with Gasteiger partial charge in [0.05, 0.1) is 19.5 Å². The zero-order valence-electron chi connectivity index (χ0n) is 10.7. The first-order valence-electron chi connectivity index (χ1n) is 6.12. The van der Waals surface area contributed by atoms with Gasteiger partial charge in [-0.05, 0) is 12.8 Å². The lowest BCUT2D eigenvalue weighted by Gasteiger charge is -2.07. The Kier molecular flexibility index (Phi) is 4.27. The van der Waals surface area contributed by atoms with Gasteiger partial charge < -0.3 is 15.4 Å². The van der Waals surface area contributed by atoms with Crippen LogP contribution in [0.2, 0.25) is 0 Å². The molecule has 0 atom stereocenters. The van der Waals surface area contributed by atoms with Gasteiger partial charge in [0.15, 0.2) is 5.69 Å². The van der Waals surface area contributed by atoms with E-state index < -0.39 is 5.97 Å². The molecule has 0 spiro atoms. The van der Waals surface area contributed by atoms with Crippen molar-refractivity contribution in [2.75, 3.05) is 25.5 Å². The van der Waals surface area contributed by atoms with Gasteiger partial charge in [-0.3, -0.25) is 9.78 Å². The Labute approximate surface area is 110 Å². The molecule has 1 fully saturated rings. The van der Waals surface area contributed by atoms with Gasteiger partial charge in [0.1, 0.15) is 5.82 Å². The van der Waals surface area contributed by atoms with Gasteiger partial charge in [-0.2, -0.15) is 0 Å². The molecule has 0 aromatic carbocycles. The van der Waals surface area contributed by atoms with Crippen molar-refractivity contribution in [1.82, 2.24) is 15.3 Å². The van der Waals surface area contributed by atoms with Crippen molar-refractivity contribution in [2.24, 2.45) is 5.92 Å². The van der Waals surface area contributed by atoms with Crippen molar-refractivity contribution in [3.05, 3.63) is 18.1 Å². The molecule has 7 nitrogen and oxygen atoms in total. The average molecular weight is 264 g/mol. The van der Waals surface area contributed by atoms with Crippen LogP contribution < -0.4 is 10.6 Å². The maximum Gasteiger partial charge on any atom is 0.358 e. The Bertz CT molecular complexity index is 474. The van der Waals surface area contributed by atoms with E-state index in [9.17, 15) is 9.59 Å². The summed E-state index contributed by atoms with van der Waals surface area (Å²) in [7, 11) is 1.29. The molecule has 0 saturated heterocycles. The number of carbonyl (C=O) groups excluding carboxylic acids is 2. The summed E-state index contributed by atoms with van der Waals surface area (Å²) in [6.07, 6.45) is 4.83. The normalized spacial score (nSPS) is 13.7. The number of hydrogen-bond acceptors (Lipinski definition) is 6. The van der Waals surface area contributed by atoms with E-state index in [-0.39, 0.29) is 17.5 Å². The molecule has 0 radical (unpaired) electrons. The minimum Gasteiger partial charge on any atom is -0.464 e. The minimum atomic E-state index is -0.529. The molecule has 7 heteroatoms. The summed E-state index contributed by atoms with van der Waals surface area (Å²) < 4.78 is 4.56. The molecular formula is C12H16N4O3. The molecule has 0 bridgehead atoms. The van der Waals surface area contributed by atoms with E-state index in [0.29, 0.717) is 18.9 Å². The lowest BCUT2D eigenvalue weighted by atomic mass is 10.4. The topological polar surface area (TPSA) is 93.2 Å². The van der Waals surface area contributed by atoms with Gasteiger partial charge in [-0.1, -0.05) is 0 Å². The molecule has 102 valence electrons. The van der Waals surface area contributed by atoms with E-state index in [2.05, 4.69) is 25.3 Å². The lowest BCUT2D eigenvalue weighted by molar-refractivity contribution is -0.122. The first-order chi connectivity index (χ1) is 9.20. The molecule has 2 rings (SSSR count). The number of hydrogen-bond donors (Lipinski definition) is 2. The summed E-state index contributed by atoms with van der Waals surface area (Å²) in [5.74, 6) is 0.264. The highest BCUT2D eigenvalue weighted by molar-refractivity contribution is 5.87. The third kappa shape index (κ3) is 3.90. The minimum absolute atomic E-state index is 0.108. The van der Waals surface area contributed by atoms with Crippen LogP contribution in [0.5, 0.6) is 0 Å². The molecule has 1 heterocycles. The molecular weight excluding hydrogens is 248 g/mol. The Morgan fingerprint density at radius 2 is 2.16 bits per heavy atom. The molecule has 0 aliphatic heterocycles. The number of anilines is 1. The molecule has 1 aromatic rings. The second-order valence-corrected chi connectivity index (χ2v) is 4.27. The maximum atomic E-state index is 11.4. The quantitative estimate of drug-likeness (QED) is 0.563. The monoisotopic (exact) mass is 264 g/mol. The summed E-state index contributed by atoms with van der Waals surface area (Å²) in [5.41, 5.74) is 0.148. The van der Waals surface area contributed by atoms with Gasteiger partial charge in [0, 0.05) is 19.0 Å². The van der Waals surface area contributed by atoms with Crippen LogP contribution in [0, 0.1) is 5.92 Å². The Morgan fingerprint density at radius 3 is 2.84 bits per heavy atom. The number of amides is 1. The summed E-state index contributed by atoms with van der Waals surface area (Å²) in [5, 5.41) is 5.80. The second-order valence-electron chi connectivity index (χ2n) is 4.27. The third-order valence-corrected chi connectivity index (χ3v) is 2.71. The van der Waals surface area contributed by atoms with E-state index >= 15 is 0 Å². The fourth-order valence-corrected chi connectivity index (χ4v) is 1.52. The summed E-state index contributed by atoms with van der Waals surface area (Å²) in [6.45, 7) is 1.04. The summed E-state index contributed by atoms with van der Waals surface area (Å²) in [6, 6.07) is 0. The van der Waals surface area contributed by atoms with Crippen LogP contribution >= 0.6 is 0 Å². The maximum absolute atomic E-state index is 11.4. The van der Waals surface area contributed by atoms with Crippen LogP contribution in [0.15, 0.2) is 12.4 Å². The molecule has 0 unspecified atom stereocenters. The molecule has 1 aliphatic rings. The van der Waals surface area contributed by atoms with Crippen molar-refractivity contribution in [3.63, 3.8) is 0 Å². The first kappa shape index (κ1) is 13.3. The largest absolute Gasteiger partial charge is 0.464 e. The number of nitrogens with one attached hydrogen (secondary N) is 2. The Morgan fingerprint density at radius 1 is 1.37 bits per heavy atom. The van der Waals surface area contributed by atoms with Crippen molar-refractivity contribution in [2.45, 2.75) is 12.8 Å². The average Bonchev–Trinajstić information content (AvgIpc) is 3.27. The number of aromatic nitrogens is 2. The van der Waals surface area contributed by atoms with Gasteiger partial charge in [0.2, 0.25) is 5.91 Å². The van der Waals surface area contributed by atoms with Crippen LogP contribution in [0.3, 0.4) is 0 Å². The fourth-order valence-electron chi connectivity index (χ4n) is 1.52. The highest BCUT2D eigenvalue weighted by Crippen LogP contribution is 2.28. The van der Waals surface area contributed by atoms with Gasteiger partial charge in [0.25, 0.3) is 0 Å². The van der Waals surface area contributed by atoms with Gasteiger partial charge >= 0.3 is 5.97 Å². The molecule has 2 N–H and O–H groups in total. The van der Waals surface area contributed by atoms with E-state index in [4.69, 9.17) is 0 Å². The third-order valence-electron chi connectivity index (χ3n) is 2.71. The summed E-state index contributed by atoms with van der Waals surface area (Å²) in [4.78, 5) is 30.6. The van der Waals surface area contributed by atoms with Gasteiger partial charge in [-0.15, -0.1) is 0 Å². The van der Waals surface area contributed by atoms with Crippen LogP contribution in [-0.4, -0.2) is 42.0 Å². The predicted octanol–water partition coefficient (Wildman–Crippen LogP) is 0.201. The van der Waals surface area contributed by atoms with Crippen molar-refractivity contribution >= 4 is 17.7 Å². The number of esters is 1. The highest BCUT2D eigenvalue weighted by Gasteiger charge is 2.28. The van der Waals surface area contributed by atoms with Crippen LogP contribution in [0.1, 0.15) is 23.3 Å². The molecule has 1 saturated carbocycles. The van der Waals surface area contributed by atoms with Crippen molar-refractivity contribution < 1.29 is 14.3 Å². The smallest absolute Gasteiger partial charge is 0.358 e. The summed E-state index contributed by atoms with van der Waals surface area (Å²) >= 11 is 0. The van der Waals surface area contributed by atoms with Gasteiger partial charge in [-0.25, -0.2) is 9.78 Å². The Balaban J connectivity index is 1.75. The zero-order chi connectivity index (χ0) is 13.7. The number of ether oxygens (including phenoxy) is 1. The number of methoxy groups -OCH3 is 1. The van der Waals surface area contributed by atoms with Crippen LogP contribution in [0.4, 0.5) is 5.82 Å².